The van der Waals surface area contributed by atoms with E-state index in [1.807, 2.05) is 0 Å². The van der Waals surface area contributed by atoms with Crippen molar-refractivity contribution in [2.45, 2.75) is 12.5 Å². The molecule has 1 amide bonds. The molecule has 0 saturated heterocycles. The van der Waals surface area contributed by atoms with Gasteiger partial charge in [0, 0.05) is 6.61 Å². The number of rotatable bonds is 4. The molecule has 4 heteroatoms. The summed E-state index contributed by atoms with van der Waals surface area (Å²) < 4.78 is 0. The molecular formula is C6H12N2O2. The van der Waals surface area contributed by atoms with E-state index in [1.165, 1.54) is 6.08 Å². The van der Waals surface area contributed by atoms with Crippen molar-refractivity contribution in [3.63, 3.8) is 0 Å². The van der Waals surface area contributed by atoms with Crippen LogP contribution in [-0.2, 0) is 4.79 Å². The zero-order valence-corrected chi connectivity index (χ0v) is 5.66. The van der Waals surface area contributed by atoms with Crippen LogP contribution < -0.4 is 11.5 Å². The third-order valence-corrected chi connectivity index (χ3v) is 0.968. The fourth-order valence-electron chi connectivity index (χ4n) is 0.412. The van der Waals surface area contributed by atoms with Gasteiger partial charge in [0.2, 0.25) is 5.91 Å². The molecule has 0 aliphatic heterocycles. The van der Waals surface area contributed by atoms with Gasteiger partial charge in [-0.1, -0.05) is 12.2 Å². The zero-order valence-electron chi connectivity index (χ0n) is 5.66. The van der Waals surface area contributed by atoms with Crippen molar-refractivity contribution in [1.29, 1.82) is 0 Å². The van der Waals surface area contributed by atoms with E-state index in [9.17, 15) is 4.79 Å². The molecule has 0 heterocycles. The van der Waals surface area contributed by atoms with Crippen molar-refractivity contribution in [3.8, 4) is 0 Å². The minimum Gasteiger partial charge on any atom is -0.396 e. The van der Waals surface area contributed by atoms with Crippen LogP contribution in [0.4, 0.5) is 0 Å². The Morgan fingerprint density at radius 1 is 1.70 bits per heavy atom. The molecule has 0 saturated carbocycles. The summed E-state index contributed by atoms with van der Waals surface area (Å²) in [6, 6.07) is -0.730. The number of aliphatic hydroxyl groups excluding tert-OH is 1. The summed E-state index contributed by atoms with van der Waals surface area (Å²) in [7, 11) is 0. The van der Waals surface area contributed by atoms with Gasteiger partial charge in [0.05, 0.1) is 0 Å². The molecule has 1 atom stereocenters. The first-order valence-corrected chi connectivity index (χ1v) is 3.01. The number of aliphatic hydroxyl groups is 1. The minimum atomic E-state index is -0.730. The molecule has 5 N–H and O–H groups in total. The molecule has 0 aliphatic rings. The summed E-state index contributed by atoms with van der Waals surface area (Å²) in [5.74, 6) is -0.561. The topological polar surface area (TPSA) is 89.3 Å². The van der Waals surface area contributed by atoms with E-state index < -0.39 is 11.9 Å². The molecular weight excluding hydrogens is 132 g/mol. The fourth-order valence-corrected chi connectivity index (χ4v) is 0.412. The Kier molecular flexibility index (Phi) is 4.53. The summed E-state index contributed by atoms with van der Waals surface area (Å²) in [4.78, 5) is 10.3. The van der Waals surface area contributed by atoms with Gasteiger partial charge in [-0.3, -0.25) is 4.79 Å². The second-order valence-electron chi connectivity index (χ2n) is 1.87. The number of amides is 1. The Morgan fingerprint density at radius 2 is 2.30 bits per heavy atom. The van der Waals surface area contributed by atoms with Crippen LogP contribution in [0.1, 0.15) is 6.42 Å². The number of hydrogen-bond acceptors (Lipinski definition) is 3. The van der Waals surface area contributed by atoms with Crippen LogP contribution in [0.15, 0.2) is 12.2 Å². The first kappa shape index (κ1) is 9.13. The van der Waals surface area contributed by atoms with Crippen LogP contribution >= 0.6 is 0 Å². The van der Waals surface area contributed by atoms with Gasteiger partial charge in [-0.2, -0.15) is 0 Å². The lowest BCUT2D eigenvalue weighted by atomic mass is 10.2. The normalized spacial score (nSPS) is 13.8. The fraction of sp³-hybridized carbons (Fsp3) is 0.500. The second-order valence-corrected chi connectivity index (χ2v) is 1.87. The average Bonchev–Trinajstić information content (AvgIpc) is 1.88. The maximum Gasteiger partial charge on any atom is 0.238 e. The lowest BCUT2D eigenvalue weighted by molar-refractivity contribution is -0.118. The van der Waals surface area contributed by atoms with E-state index in [0.717, 1.165) is 0 Å². The van der Waals surface area contributed by atoms with Crippen molar-refractivity contribution in [3.05, 3.63) is 12.2 Å². The van der Waals surface area contributed by atoms with Gasteiger partial charge in [0.1, 0.15) is 6.04 Å². The molecule has 0 rings (SSSR count). The van der Waals surface area contributed by atoms with Gasteiger partial charge in [0.25, 0.3) is 0 Å². The molecule has 0 spiro atoms. The van der Waals surface area contributed by atoms with Crippen molar-refractivity contribution in [1.82, 2.24) is 0 Å². The summed E-state index contributed by atoms with van der Waals surface area (Å²) in [5.41, 5.74) is 10.1. The molecule has 0 aromatic rings. The number of primary amides is 1. The SMILES string of the molecule is NC(=O)[C@H](N)/C=C/CCO. The molecule has 4 nitrogen and oxygen atoms in total. The number of carbonyl (C=O) groups is 1. The average molecular weight is 144 g/mol. The molecule has 0 radical (unpaired) electrons. The lowest BCUT2D eigenvalue weighted by Crippen LogP contribution is -2.34. The van der Waals surface area contributed by atoms with Crippen LogP contribution in [0, 0.1) is 0 Å². The maximum atomic E-state index is 10.3. The van der Waals surface area contributed by atoms with Crippen molar-refractivity contribution in [2.24, 2.45) is 11.5 Å². The number of hydrogen-bond donors (Lipinski definition) is 3. The van der Waals surface area contributed by atoms with E-state index >= 15 is 0 Å². The Morgan fingerprint density at radius 3 is 2.70 bits per heavy atom. The van der Waals surface area contributed by atoms with Crippen molar-refractivity contribution >= 4 is 5.91 Å². The van der Waals surface area contributed by atoms with Crippen molar-refractivity contribution < 1.29 is 9.90 Å². The van der Waals surface area contributed by atoms with E-state index in [4.69, 9.17) is 16.6 Å². The first-order chi connectivity index (χ1) is 4.68. The highest BCUT2D eigenvalue weighted by molar-refractivity contribution is 5.81. The standard InChI is InChI=1S/C6H12N2O2/c7-5(6(8)10)3-1-2-4-9/h1,3,5,9H,2,4,7H2,(H2,8,10)/b3-1+/t5-/m1/s1. The van der Waals surface area contributed by atoms with Gasteiger partial charge in [-0.25, -0.2) is 0 Å². The van der Waals surface area contributed by atoms with E-state index in [0.29, 0.717) is 6.42 Å². The van der Waals surface area contributed by atoms with Gasteiger partial charge in [0.15, 0.2) is 0 Å². The molecule has 0 fully saturated rings. The Hall–Kier alpha value is -0.870. The van der Waals surface area contributed by atoms with Crippen LogP contribution in [0.2, 0.25) is 0 Å². The van der Waals surface area contributed by atoms with Gasteiger partial charge >= 0.3 is 0 Å². The molecule has 0 unspecified atom stereocenters. The second kappa shape index (κ2) is 4.96. The van der Waals surface area contributed by atoms with Crippen LogP contribution in [0.3, 0.4) is 0 Å². The summed E-state index contributed by atoms with van der Waals surface area (Å²) >= 11 is 0. The Balaban J connectivity index is 3.55. The largest absolute Gasteiger partial charge is 0.396 e. The molecule has 0 aliphatic carbocycles. The number of nitrogens with two attached hydrogens (primary N) is 2. The Bertz CT molecular complexity index is 134. The van der Waals surface area contributed by atoms with Crippen molar-refractivity contribution in [2.75, 3.05) is 6.61 Å². The smallest absolute Gasteiger partial charge is 0.238 e. The van der Waals surface area contributed by atoms with Gasteiger partial charge in [-0.05, 0) is 6.42 Å². The predicted octanol–water partition coefficient (Wildman–Crippen LogP) is -1.26. The number of carbonyl (C=O) groups excluding carboxylic acids is 1. The predicted molar refractivity (Wildman–Crippen MR) is 38.0 cm³/mol. The lowest BCUT2D eigenvalue weighted by Gasteiger charge is -1.97. The van der Waals surface area contributed by atoms with E-state index in [-0.39, 0.29) is 6.61 Å². The molecule has 10 heavy (non-hydrogen) atoms. The van der Waals surface area contributed by atoms with Gasteiger partial charge in [-0.15, -0.1) is 0 Å². The highest BCUT2D eigenvalue weighted by Crippen LogP contribution is 1.84. The Labute approximate surface area is 59.5 Å². The maximum absolute atomic E-state index is 10.3. The highest BCUT2D eigenvalue weighted by atomic mass is 16.2. The highest BCUT2D eigenvalue weighted by Gasteiger charge is 2.01. The third-order valence-electron chi connectivity index (χ3n) is 0.968. The monoisotopic (exact) mass is 144 g/mol. The zero-order chi connectivity index (χ0) is 7.98. The minimum absolute atomic E-state index is 0.0575. The summed E-state index contributed by atoms with van der Waals surface area (Å²) in [6.45, 7) is 0.0575. The van der Waals surface area contributed by atoms with Crippen LogP contribution in [-0.4, -0.2) is 23.7 Å². The van der Waals surface area contributed by atoms with E-state index in [1.54, 1.807) is 6.08 Å². The molecule has 0 aromatic heterocycles. The third kappa shape index (κ3) is 4.05. The molecule has 58 valence electrons. The van der Waals surface area contributed by atoms with Crippen LogP contribution in [0.25, 0.3) is 0 Å². The summed E-state index contributed by atoms with van der Waals surface area (Å²) in [6.07, 6.45) is 3.59. The molecule has 0 bridgehead atoms. The first-order valence-electron chi connectivity index (χ1n) is 3.01. The van der Waals surface area contributed by atoms with Crippen LogP contribution in [0.5, 0.6) is 0 Å². The van der Waals surface area contributed by atoms with Gasteiger partial charge < -0.3 is 16.6 Å². The van der Waals surface area contributed by atoms with E-state index in [2.05, 4.69) is 0 Å². The molecule has 0 aromatic carbocycles. The summed E-state index contributed by atoms with van der Waals surface area (Å²) in [5, 5.41) is 8.31. The quantitative estimate of drug-likeness (QED) is 0.430.